The van der Waals surface area contributed by atoms with Gasteiger partial charge in [0.2, 0.25) is 0 Å². The van der Waals surface area contributed by atoms with Gasteiger partial charge >= 0.3 is 0 Å². The first-order valence-corrected chi connectivity index (χ1v) is 8.14. The molecule has 2 rings (SSSR count). The quantitative estimate of drug-likeness (QED) is 0.839. The zero-order valence-electron chi connectivity index (χ0n) is 13.3. The molecule has 5 heteroatoms. The third-order valence-corrected chi connectivity index (χ3v) is 4.59. The van der Waals surface area contributed by atoms with Gasteiger partial charge in [-0.15, -0.1) is 11.3 Å². The van der Waals surface area contributed by atoms with Gasteiger partial charge in [0.1, 0.15) is 0 Å². The Morgan fingerprint density at radius 1 is 1.40 bits per heavy atom. The lowest BCUT2D eigenvalue weighted by atomic mass is 10.1. The van der Waals surface area contributed by atoms with Gasteiger partial charge in [-0.25, -0.2) is 4.98 Å². The molecular weight excluding hydrogens is 270 g/mol. The summed E-state index contributed by atoms with van der Waals surface area (Å²) >= 11 is 1.79. The van der Waals surface area contributed by atoms with Crippen LogP contribution in [0, 0.1) is 5.92 Å². The second-order valence-electron chi connectivity index (χ2n) is 6.73. The van der Waals surface area contributed by atoms with Gasteiger partial charge in [-0.1, -0.05) is 0 Å². The van der Waals surface area contributed by atoms with E-state index >= 15 is 0 Å². The lowest BCUT2D eigenvalue weighted by molar-refractivity contribution is 0.181. The highest BCUT2D eigenvalue weighted by Gasteiger charge is 2.24. The summed E-state index contributed by atoms with van der Waals surface area (Å²) in [5, 5.41) is 4.66. The summed E-state index contributed by atoms with van der Waals surface area (Å²) in [7, 11) is 3.88. The molecule has 20 heavy (non-hydrogen) atoms. The Morgan fingerprint density at radius 3 is 2.65 bits per heavy atom. The minimum Gasteiger partial charge on any atom is -0.378 e. The Morgan fingerprint density at radius 2 is 2.10 bits per heavy atom. The average molecular weight is 297 g/mol. The van der Waals surface area contributed by atoms with Crippen molar-refractivity contribution in [2.45, 2.75) is 52.3 Å². The van der Waals surface area contributed by atoms with Crippen molar-refractivity contribution in [3.63, 3.8) is 0 Å². The zero-order chi connectivity index (χ0) is 14.8. The maximum atomic E-state index is 5.28. The highest BCUT2D eigenvalue weighted by atomic mass is 32.1. The van der Waals surface area contributed by atoms with E-state index in [1.54, 1.807) is 18.4 Å². The second kappa shape index (κ2) is 6.41. The van der Waals surface area contributed by atoms with Crippen LogP contribution in [0.25, 0.3) is 0 Å². The molecule has 0 atom stereocenters. The molecule has 1 aromatic rings. The number of aromatic nitrogens is 1. The first-order chi connectivity index (χ1) is 9.39. The van der Waals surface area contributed by atoms with Gasteiger partial charge in [-0.2, -0.15) is 0 Å². The van der Waals surface area contributed by atoms with Gasteiger partial charge in [0, 0.05) is 37.7 Å². The van der Waals surface area contributed by atoms with Crippen molar-refractivity contribution in [3.05, 3.63) is 10.6 Å². The summed E-state index contributed by atoms with van der Waals surface area (Å²) in [6.45, 7) is 9.14. The van der Waals surface area contributed by atoms with Gasteiger partial charge in [0.25, 0.3) is 0 Å². The van der Waals surface area contributed by atoms with Crippen molar-refractivity contribution in [2.24, 2.45) is 5.92 Å². The van der Waals surface area contributed by atoms with Crippen LogP contribution in [0.2, 0.25) is 0 Å². The molecule has 1 aliphatic rings. The van der Waals surface area contributed by atoms with E-state index in [4.69, 9.17) is 9.72 Å². The van der Waals surface area contributed by atoms with E-state index < -0.39 is 0 Å². The number of thiazole rings is 1. The average Bonchev–Trinajstić information content (AvgIpc) is 3.05. The van der Waals surface area contributed by atoms with Gasteiger partial charge in [-0.3, -0.25) is 0 Å². The fourth-order valence-corrected chi connectivity index (χ4v) is 3.01. The first kappa shape index (κ1) is 15.7. The predicted octanol–water partition coefficient (Wildman–Crippen LogP) is 3.02. The summed E-state index contributed by atoms with van der Waals surface area (Å²) in [6, 6.07) is 0. The maximum Gasteiger partial charge on any atom is 0.185 e. The van der Waals surface area contributed by atoms with Crippen LogP contribution in [0.4, 0.5) is 5.13 Å². The molecule has 0 saturated heterocycles. The van der Waals surface area contributed by atoms with Crippen LogP contribution in [-0.4, -0.2) is 31.2 Å². The molecule has 1 saturated carbocycles. The normalized spacial score (nSPS) is 15.7. The molecule has 1 aromatic heterocycles. The number of anilines is 1. The number of ether oxygens (including phenoxy) is 1. The number of methoxy groups -OCH3 is 1. The van der Waals surface area contributed by atoms with E-state index in [2.05, 4.69) is 38.0 Å². The van der Waals surface area contributed by atoms with Crippen LogP contribution in [0.1, 0.15) is 44.2 Å². The molecule has 0 spiro atoms. The molecule has 0 aliphatic heterocycles. The standard InChI is InChI=1S/C15H27N3OS/c1-15(2,3)16-8-13-12(10-19-5)17-14(20-13)18(4)9-11-6-7-11/h11,16H,6-10H2,1-5H3. The summed E-state index contributed by atoms with van der Waals surface area (Å²) in [4.78, 5) is 8.35. The Bertz CT molecular complexity index is 435. The molecule has 0 aromatic carbocycles. The fraction of sp³-hybridized carbons (Fsp3) is 0.800. The summed E-state index contributed by atoms with van der Waals surface area (Å²) in [6.07, 6.45) is 2.75. The molecule has 1 fully saturated rings. The number of hydrogen-bond acceptors (Lipinski definition) is 5. The molecule has 4 nitrogen and oxygen atoms in total. The first-order valence-electron chi connectivity index (χ1n) is 7.32. The van der Waals surface area contributed by atoms with Crippen LogP contribution >= 0.6 is 11.3 Å². The highest BCUT2D eigenvalue weighted by molar-refractivity contribution is 7.15. The van der Waals surface area contributed by atoms with Crippen molar-refractivity contribution < 1.29 is 4.74 Å². The third kappa shape index (κ3) is 4.72. The molecule has 0 bridgehead atoms. The van der Waals surface area contributed by atoms with Crippen LogP contribution in [0.3, 0.4) is 0 Å². The Hall–Kier alpha value is -0.650. The van der Waals surface area contributed by atoms with Crippen molar-refractivity contribution in [2.75, 3.05) is 25.6 Å². The van der Waals surface area contributed by atoms with Crippen LogP contribution in [0.5, 0.6) is 0 Å². The van der Waals surface area contributed by atoms with Gasteiger partial charge in [-0.05, 0) is 39.5 Å². The Labute approximate surface area is 126 Å². The number of hydrogen-bond donors (Lipinski definition) is 1. The van der Waals surface area contributed by atoms with Gasteiger partial charge in [0.15, 0.2) is 5.13 Å². The van der Waals surface area contributed by atoms with Gasteiger partial charge < -0.3 is 15.0 Å². The van der Waals surface area contributed by atoms with Gasteiger partial charge in [0.05, 0.1) is 12.3 Å². The van der Waals surface area contributed by atoms with Crippen molar-refractivity contribution in [1.29, 1.82) is 0 Å². The van der Waals surface area contributed by atoms with E-state index in [0.29, 0.717) is 6.61 Å². The van der Waals surface area contributed by atoms with Crippen molar-refractivity contribution >= 4 is 16.5 Å². The molecule has 114 valence electrons. The highest BCUT2D eigenvalue weighted by Crippen LogP contribution is 2.33. The predicted molar refractivity (Wildman–Crippen MR) is 85.4 cm³/mol. The van der Waals surface area contributed by atoms with E-state index in [1.165, 1.54) is 17.7 Å². The van der Waals surface area contributed by atoms with E-state index in [1.807, 2.05) is 0 Å². The lowest BCUT2D eigenvalue weighted by Gasteiger charge is -2.20. The minimum absolute atomic E-state index is 0.119. The van der Waals surface area contributed by atoms with Crippen LogP contribution < -0.4 is 10.2 Å². The van der Waals surface area contributed by atoms with Crippen LogP contribution in [-0.2, 0) is 17.9 Å². The molecule has 1 heterocycles. The Kier molecular flexibility index (Phi) is 5.04. The topological polar surface area (TPSA) is 37.4 Å². The van der Waals surface area contributed by atoms with Crippen molar-refractivity contribution in [1.82, 2.24) is 10.3 Å². The number of nitrogens with zero attached hydrogens (tertiary/aromatic N) is 2. The molecular formula is C15H27N3OS. The molecule has 0 amide bonds. The van der Waals surface area contributed by atoms with E-state index in [9.17, 15) is 0 Å². The minimum atomic E-state index is 0.119. The van der Waals surface area contributed by atoms with Crippen molar-refractivity contribution in [3.8, 4) is 0 Å². The molecule has 0 unspecified atom stereocenters. The van der Waals surface area contributed by atoms with Crippen LogP contribution in [0.15, 0.2) is 0 Å². The second-order valence-corrected chi connectivity index (χ2v) is 7.79. The van der Waals surface area contributed by atoms with E-state index in [-0.39, 0.29) is 5.54 Å². The lowest BCUT2D eigenvalue weighted by Crippen LogP contribution is -2.35. The smallest absolute Gasteiger partial charge is 0.185 e. The summed E-state index contributed by atoms with van der Waals surface area (Å²) in [5.74, 6) is 0.880. The third-order valence-electron chi connectivity index (χ3n) is 3.38. The molecule has 0 radical (unpaired) electrons. The fourth-order valence-electron chi connectivity index (χ4n) is 2.03. The molecule has 1 aliphatic carbocycles. The Balaban J connectivity index is 2.05. The SMILES string of the molecule is COCc1nc(N(C)CC2CC2)sc1CNC(C)(C)C. The largest absolute Gasteiger partial charge is 0.378 e. The summed E-state index contributed by atoms with van der Waals surface area (Å²) in [5.41, 5.74) is 1.20. The number of rotatable bonds is 7. The zero-order valence-corrected chi connectivity index (χ0v) is 14.1. The van der Waals surface area contributed by atoms with E-state index in [0.717, 1.165) is 29.8 Å². The monoisotopic (exact) mass is 297 g/mol. The molecule has 1 N–H and O–H groups in total. The number of nitrogens with one attached hydrogen (secondary N) is 1. The summed E-state index contributed by atoms with van der Waals surface area (Å²) < 4.78 is 5.28. The maximum absolute atomic E-state index is 5.28.